The summed E-state index contributed by atoms with van der Waals surface area (Å²) in [6.07, 6.45) is 2.63. The van der Waals surface area contributed by atoms with Gasteiger partial charge in [0.25, 0.3) is 5.91 Å². The number of amides is 1. The minimum Gasteiger partial charge on any atom is -0.384 e. The van der Waals surface area contributed by atoms with E-state index in [1.165, 1.54) is 0 Å². The van der Waals surface area contributed by atoms with Gasteiger partial charge in [-0.25, -0.2) is 0 Å². The molecule has 1 amide bonds. The van der Waals surface area contributed by atoms with Gasteiger partial charge in [-0.1, -0.05) is 48.5 Å². The molecule has 0 unspecified atom stereocenters. The van der Waals surface area contributed by atoms with Crippen molar-refractivity contribution in [1.29, 1.82) is 0 Å². The third-order valence-electron chi connectivity index (χ3n) is 5.89. The largest absolute Gasteiger partial charge is 0.384 e. The maximum absolute atomic E-state index is 13.0. The van der Waals surface area contributed by atoms with Crippen molar-refractivity contribution in [2.24, 2.45) is 0 Å². The molecule has 0 fully saturated rings. The van der Waals surface area contributed by atoms with Crippen molar-refractivity contribution in [3.63, 3.8) is 0 Å². The summed E-state index contributed by atoms with van der Waals surface area (Å²) < 4.78 is 1.16. The molecule has 0 spiro atoms. The van der Waals surface area contributed by atoms with Gasteiger partial charge in [-0.2, -0.15) is 0 Å². The molecule has 0 bridgehead atoms. The van der Waals surface area contributed by atoms with Gasteiger partial charge in [0.2, 0.25) is 0 Å². The Hall–Kier alpha value is -3.65. The van der Waals surface area contributed by atoms with Gasteiger partial charge in [-0.05, 0) is 76.9 Å². The molecular weight excluding hydrogens is 547 g/mol. The first-order chi connectivity index (χ1) is 17.2. The van der Waals surface area contributed by atoms with Crippen LogP contribution in [0.5, 0.6) is 0 Å². The highest BCUT2D eigenvalue weighted by atomic mass is 127. The molecule has 0 saturated carbocycles. The molecule has 1 heterocycles. The van der Waals surface area contributed by atoms with Crippen LogP contribution in [0.1, 0.15) is 16.8 Å². The molecule has 6 heteroatoms. The van der Waals surface area contributed by atoms with Gasteiger partial charge in [0.15, 0.2) is 0 Å². The van der Waals surface area contributed by atoms with Crippen LogP contribution in [0.3, 0.4) is 0 Å². The van der Waals surface area contributed by atoms with Crippen LogP contribution in [-0.4, -0.2) is 24.0 Å². The fourth-order valence-corrected chi connectivity index (χ4v) is 4.63. The van der Waals surface area contributed by atoms with Gasteiger partial charge in [-0.15, -0.1) is 0 Å². The second-order valence-corrected chi connectivity index (χ2v) is 9.50. The Balaban J connectivity index is 1.20. The highest BCUT2D eigenvalue weighted by Gasteiger charge is 2.12. The lowest BCUT2D eigenvalue weighted by atomic mass is 10.1. The van der Waals surface area contributed by atoms with Crippen LogP contribution in [-0.2, 0) is 0 Å². The summed E-state index contributed by atoms with van der Waals surface area (Å²) in [5, 5.41) is 13.4. The zero-order valence-electron chi connectivity index (χ0n) is 19.1. The number of hydrogen-bond acceptors (Lipinski definition) is 4. The number of nitrogens with zero attached hydrogens (tertiary/aromatic N) is 1. The molecule has 35 heavy (non-hydrogen) atoms. The summed E-state index contributed by atoms with van der Waals surface area (Å²) in [5.41, 5.74) is 4.43. The van der Waals surface area contributed by atoms with E-state index in [0.29, 0.717) is 12.1 Å². The number of rotatable bonds is 8. The molecule has 4 aromatic carbocycles. The van der Waals surface area contributed by atoms with E-state index in [9.17, 15) is 4.79 Å². The van der Waals surface area contributed by atoms with Crippen molar-refractivity contribution < 1.29 is 4.79 Å². The van der Waals surface area contributed by atoms with Crippen molar-refractivity contribution in [2.75, 3.05) is 23.7 Å². The van der Waals surface area contributed by atoms with Crippen molar-refractivity contribution in [3.05, 3.63) is 106 Å². The van der Waals surface area contributed by atoms with E-state index >= 15 is 0 Å². The van der Waals surface area contributed by atoms with E-state index in [4.69, 9.17) is 0 Å². The number of carbonyl (C=O) groups excluding carboxylic acids is 1. The van der Waals surface area contributed by atoms with Gasteiger partial charge >= 0.3 is 0 Å². The molecule has 5 aromatic rings. The number of hydrogen-bond donors (Lipinski definition) is 3. The van der Waals surface area contributed by atoms with E-state index in [-0.39, 0.29) is 5.91 Å². The number of halogens is 1. The van der Waals surface area contributed by atoms with Crippen LogP contribution in [0.15, 0.2) is 97.2 Å². The van der Waals surface area contributed by atoms with Crippen molar-refractivity contribution in [1.82, 2.24) is 10.3 Å². The van der Waals surface area contributed by atoms with Crippen LogP contribution in [0.4, 0.5) is 17.1 Å². The number of anilines is 3. The topological polar surface area (TPSA) is 66.0 Å². The van der Waals surface area contributed by atoms with Crippen molar-refractivity contribution in [2.45, 2.75) is 6.42 Å². The Morgan fingerprint density at radius 1 is 0.771 bits per heavy atom. The van der Waals surface area contributed by atoms with Gasteiger partial charge in [0, 0.05) is 45.0 Å². The first kappa shape index (κ1) is 23.1. The van der Waals surface area contributed by atoms with E-state index < -0.39 is 0 Å². The molecule has 1 aromatic heterocycles. The van der Waals surface area contributed by atoms with Gasteiger partial charge in [0.05, 0.1) is 16.8 Å². The Morgan fingerprint density at radius 2 is 1.57 bits per heavy atom. The lowest BCUT2D eigenvalue weighted by molar-refractivity contribution is 0.0954. The second kappa shape index (κ2) is 10.7. The smallest absolute Gasteiger partial charge is 0.253 e. The van der Waals surface area contributed by atoms with Gasteiger partial charge in [-0.3, -0.25) is 9.78 Å². The molecule has 0 saturated heterocycles. The number of pyridine rings is 1. The summed E-state index contributed by atoms with van der Waals surface area (Å²) in [5.74, 6) is -0.0859. The first-order valence-corrected chi connectivity index (χ1v) is 12.7. The molecule has 5 nitrogen and oxygen atoms in total. The van der Waals surface area contributed by atoms with Crippen LogP contribution < -0.4 is 16.0 Å². The highest BCUT2D eigenvalue weighted by Crippen LogP contribution is 2.28. The van der Waals surface area contributed by atoms with Crippen LogP contribution >= 0.6 is 22.6 Å². The van der Waals surface area contributed by atoms with Crippen LogP contribution in [0.2, 0.25) is 0 Å². The molecule has 0 atom stereocenters. The standard InChI is InChI=1S/C29H25IN4O/c30-21-13-14-23-25(15-18-32-28(23)19-21)31-16-6-17-33-29(35)24-10-3-4-11-27(24)34-26-12-5-8-20-7-1-2-9-22(20)26/h1-5,7-15,18-19,34H,6,16-17H2,(H,31,32)(H,33,35). The Labute approximate surface area is 218 Å². The van der Waals surface area contributed by atoms with Gasteiger partial charge in [0.1, 0.15) is 0 Å². The van der Waals surface area contributed by atoms with Gasteiger partial charge < -0.3 is 16.0 Å². The normalized spacial score (nSPS) is 10.9. The monoisotopic (exact) mass is 572 g/mol. The third-order valence-corrected chi connectivity index (χ3v) is 6.56. The zero-order chi connectivity index (χ0) is 24.0. The van der Waals surface area contributed by atoms with Crippen LogP contribution in [0, 0.1) is 3.57 Å². The zero-order valence-corrected chi connectivity index (χ0v) is 21.2. The fraction of sp³-hybridized carbons (Fsp3) is 0.103. The molecule has 0 aliphatic heterocycles. The number of para-hydroxylation sites is 1. The number of fused-ring (bicyclic) bond motifs is 2. The summed E-state index contributed by atoms with van der Waals surface area (Å²) in [6, 6.07) is 30.2. The summed E-state index contributed by atoms with van der Waals surface area (Å²) in [6.45, 7) is 1.33. The average Bonchev–Trinajstić information content (AvgIpc) is 2.89. The van der Waals surface area contributed by atoms with Crippen molar-refractivity contribution >= 4 is 67.2 Å². The SMILES string of the molecule is O=C(NCCCNc1ccnc2cc(I)ccc12)c1ccccc1Nc1cccc2ccccc12. The number of benzene rings is 4. The molecule has 0 aliphatic rings. The lowest BCUT2D eigenvalue weighted by Gasteiger charge is -2.14. The van der Waals surface area contributed by atoms with E-state index in [2.05, 4.69) is 79.9 Å². The summed E-state index contributed by atoms with van der Waals surface area (Å²) in [7, 11) is 0. The van der Waals surface area contributed by atoms with Crippen molar-refractivity contribution in [3.8, 4) is 0 Å². The molecule has 0 aliphatic carbocycles. The highest BCUT2D eigenvalue weighted by molar-refractivity contribution is 14.1. The Kier molecular flexibility index (Phi) is 7.09. The number of nitrogens with one attached hydrogen (secondary N) is 3. The molecule has 0 radical (unpaired) electrons. The summed E-state index contributed by atoms with van der Waals surface area (Å²) in [4.78, 5) is 17.4. The first-order valence-electron chi connectivity index (χ1n) is 11.6. The number of aromatic nitrogens is 1. The maximum atomic E-state index is 13.0. The average molecular weight is 572 g/mol. The number of carbonyl (C=O) groups is 1. The van der Waals surface area contributed by atoms with E-state index in [1.807, 2.05) is 60.8 Å². The minimum absolute atomic E-state index is 0.0859. The second-order valence-electron chi connectivity index (χ2n) is 8.25. The maximum Gasteiger partial charge on any atom is 0.253 e. The lowest BCUT2D eigenvalue weighted by Crippen LogP contribution is -2.26. The molecule has 3 N–H and O–H groups in total. The predicted octanol–water partition coefficient (Wildman–Crippen LogP) is 6.97. The molecular formula is C29H25IN4O. The summed E-state index contributed by atoms with van der Waals surface area (Å²) >= 11 is 2.30. The molecule has 174 valence electrons. The molecule has 5 rings (SSSR count). The predicted molar refractivity (Wildman–Crippen MR) is 154 cm³/mol. The third kappa shape index (κ3) is 5.38. The Bertz CT molecular complexity index is 1500. The quantitative estimate of drug-likeness (QED) is 0.139. The van der Waals surface area contributed by atoms with E-state index in [1.54, 1.807) is 0 Å². The van der Waals surface area contributed by atoms with Crippen LogP contribution in [0.25, 0.3) is 21.7 Å². The minimum atomic E-state index is -0.0859. The fourth-order valence-electron chi connectivity index (χ4n) is 4.15. The van der Waals surface area contributed by atoms with E-state index in [0.717, 1.165) is 55.3 Å². The Morgan fingerprint density at radius 3 is 2.51 bits per heavy atom.